The minimum absolute atomic E-state index is 0.515. The molecule has 0 aliphatic carbocycles. The highest BCUT2D eigenvalue weighted by Crippen LogP contribution is 2.30. The number of fused-ring (bicyclic) bond motifs is 1. The van der Waals surface area contributed by atoms with Gasteiger partial charge in [-0.05, 0) is 35.9 Å². The van der Waals surface area contributed by atoms with E-state index in [1.54, 1.807) is 11.3 Å². The van der Waals surface area contributed by atoms with Gasteiger partial charge in [0, 0.05) is 19.3 Å². The van der Waals surface area contributed by atoms with Crippen molar-refractivity contribution in [3.8, 4) is 6.07 Å². The average Bonchev–Trinajstić information content (AvgIpc) is 3.04. The number of rotatable bonds is 5. The van der Waals surface area contributed by atoms with Gasteiger partial charge in [-0.3, -0.25) is 0 Å². The van der Waals surface area contributed by atoms with Crippen molar-refractivity contribution in [2.75, 3.05) is 18.5 Å². The van der Waals surface area contributed by atoms with Crippen LogP contribution in [0.25, 0.3) is 21.3 Å². The van der Waals surface area contributed by atoms with Crippen molar-refractivity contribution in [3.63, 3.8) is 0 Å². The average molecular weight is 354 g/mol. The number of hydrogen-bond donors (Lipinski definition) is 0. The second-order valence-electron chi connectivity index (χ2n) is 5.40. The first-order valence-electron chi connectivity index (χ1n) is 7.58. The number of benzene rings is 2. The topological polar surface area (TPSA) is 39.9 Å². The Bertz CT molecular complexity index is 873. The van der Waals surface area contributed by atoms with Gasteiger partial charge in [0.15, 0.2) is 0 Å². The van der Waals surface area contributed by atoms with Gasteiger partial charge in [-0.1, -0.05) is 35.9 Å². The van der Waals surface area contributed by atoms with Crippen molar-refractivity contribution in [1.29, 1.82) is 5.26 Å². The van der Waals surface area contributed by atoms with Crippen molar-refractivity contribution < 1.29 is 0 Å². The first-order valence-corrected chi connectivity index (χ1v) is 8.78. The molecule has 5 heteroatoms. The van der Waals surface area contributed by atoms with Crippen LogP contribution in [0.5, 0.6) is 0 Å². The zero-order chi connectivity index (χ0) is 16.9. The Kier molecular flexibility index (Phi) is 5.14. The molecule has 0 aliphatic heterocycles. The third kappa shape index (κ3) is 3.76. The summed E-state index contributed by atoms with van der Waals surface area (Å²) in [7, 11) is 1.98. The van der Waals surface area contributed by atoms with E-state index in [2.05, 4.69) is 16.0 Å². The summed E-state index contributed by atoms with van der Waals surface area (Å²) < 4.78 is 1.13. The van der Waals surface area contributed by atoms with Gasteiger partial charge in [0.2, 0.25) is 0 Å². The van der Waals surface area contributed by atoms with Crippen LogP contribution in [0.1, 0.15) is 17.0 Å². The second kappa shape index (κ2) is 7.48. The Morgan fingerprint density at radius 2 is 2.00 bits per heavy atom. The molecule has 0 amide bonds. The van der Waals surface area contributed by atoms with E-state index in [4.69, 9.17) is 16.9 Å². The van der Waals surface area contributed by atoms with Crippen LogP contribution in [-0.2, 0) is 0 Å². The molecule has 0 aliphatic rings. The molecule has 1 heterocycles. The molecule has 120 valence electrons. The fourth-order valence-electron chi connectivity index (χ4n) is 2.35. The predicted molar refractivity (Wildman–Crippen MR) is 103 cm³/mol. The molecule has 0 saturated carbocycles. The van der Waals surface area contributed by atoms with Gasteiger partial charge >= 0.3 is 0 Å². The Morgan fingerprint density at radius 3 is 2.71 bits per heavy atom. The standard InChI is InChI=1S/C19H16ClN3S/c1-23(12-4-11-21)15-9-7-14(8-10-15)13-16(20)19-22-17-5-2-3-6-18(17)24-19/h2-3,5-10,13H,4,12H2,1H3/b16-13-. The van der Waals surface area contributed by atoms with Crippen molar-refractivity contribution >= 4 is 50.0 Å². The maximum Gasteiger partial charge on any atom is 0.136 e. The number of thiazole rings is 1. The Morgan fingerprint density at radius 1 is 1.25 bits per heavy atom. The second-order valence-corrected chi connectivity index (χ2v) is 6.84. The van der Waals surface area contributed by atoms with E-state index in [0.717, 1.165) is 33.0 Å². The molecule has 2 aromatic carbocycles. The Labute approximate surface area is 150 Å². The number of nitriles is 1. The molecule has 0 bridgehead atoms. The van der Waals surface area contributed by atoms with Gasteiger partial charge in [-0.15, -0.1) is 11.3 Å². The first kappa shape index (κ1) is 16.5. The highest BCUT2D eigenvalue weighted by molar-refractivity contribution is 7.20. The fourth-order valence-corrected chi connectivity index (χ4v) is 3.51. The molecule has 3 nitrogen and oxygen atoms in total. The van der Waals surface area contributed by atoms with E-state index in [9.17, 15) is 0 Å². The van der Waals surface area contributed by atoms with Gasteiger partial charge in [0.05, 0.1) is 27.7 Å². The van der Waals surface area contributed by atoms with Crippen LogP contribution in [0.15, 0.2) is 48.5 Å². The molecule has 24 heavy (non-hydrogen) atoms. The largest absolute Gasteiger partial charge is 0.374 e. The monoisotopic (exact) mass is 353 g/mol. The lowest BCUT2D eigenvalue weighted by Crippen LogP contribution is -2.17. The molecule has 0 saturated heterocycles. The number of nitrogens with zero attached hydrogens (tertiary/aromatic N) is 3. The van der Waals surface area contributed by atoms with Crippen LogP contribution >= 0.6 is 22.9 Å². The molecule has 0 spiro atoms. The van der Waals surface area contributed by atoms with Crippen molar-refractivity contribution in [1.82, 2.24) is 4.98 Å². The first-order chi connectivity index (χ1) is 11.7. The summed E-state index contributed by atoms with van der Waals surface area (Å²) in [5, 5.41) is 10.1. The normalized spacial score (nSPS) is 11.5. The summed E-state index contributed by atoms with van der Waals surface area (Å²) in [5.74, 6) is 0. The van der Waals surface area contributed by atoms with Crippen molar-refractivity contribution in [2.45, 2.75) is 6.42 Å². The number of aromatic nitrogens is 1. The third-order valence-electron chi connectivity index (χ3n) is 3.68. The summed E-state index contributed by atoms with van der Waals surface area (Å²) in [6, 6.07) is 18.3. The quantitative estimate of drug-likeness (QED) is 0.618. The van der Waals surface area contributed by atoms with Crippen molar-refractivity contribution in [3.05, 3.63) is 59.1 Å². The van der Waals surface area contributed by atoms with Gasteiger partial charge in [-0.2, -0.15) is 5.26 Å². The number of halogens is 1. The predicted octanol–water partition coefficient (Wildman–Crippen LogP) is 5.38. The summed E-state index contributed by atoms with van der Waals surface area (Å²) in [6.45, 7) is 0.720. The van der Waals surface area contributed by atoms with E-state index < -0.39 is 0 Å². The minimum Gasteiger partial charge on any atom is -0.374 e. The smallest absolute Gasteiger partial charge is 0.136 e. The highest BCUT2D eigenvalue weighted by Gasteiger charge is 2.07. The molecule has 3 rings (SSSR count). The fraction of sp³-hybridized carbons (Fsp3) is 0.158. The van der Waals surface area contributed by atoms with Gasteiger partial charge in [0.1, 0.15) is 5.01 Å². The zero-order valence-electron chi connectivity index (χ0n) is 13.2. The number of hydrogen-bond acceptors (Lipinski definition) is 4. The SMILES string of the molecule is CN(CCC#N)c1ccc(/C=C(\Cl)c2nc3ccccc3s2)cc1. The lowest BCUT2D eigenvalue weighted by atomic mass is 10.2. The minimum atomic E-state index is 0.515. The van der Waals surface area contributed by atoms with E-state index in [0.29, 0.717) is 11.5 Å². The number of anilines is 1. The summed E-state index contributed by atoms with van der Waals surface area (Å²) in [5.41, 5.74) is 3.08. The van der Waals surface area contributed by atoms with Crippen molar-refractivity contribution in [2.24, 2.45) is 0 Å². The van der Waals surface area contributed by atoms with Crippen LogP contribution in [0.4, 0.5) is 5.69 Å². The van der Waals surface area contributed by atoms with Crippen LogP contribution < -0.4 is 4.90 Å². The highest BCUT2D eigenvalue weighted by atomic mass is 35.5. The van der Waals surface area contributed by atoms with Gasteiger partial charge < -0.3 is 4.90 Å². The van der Waals surface area contributed by atoms with Crippen LogP contribution in [-0.4, -0.2) is 18.6 Å². The summed E-state index contributed by atoms with van der Waals surface area (Å²) in [6.07, 6.45) is 2.44. The molecular weight excluding hydrogens is 338 g/mol. The lowest BCUT2D eigenvalue weighted by molar-refractivity contribution is 0.905. The molecule has 0 N–H and O–H groups in total. The van der Waals surface area contributed by atoms with E-state index in [1.807, 2.05) is 61.7 Å². The van der Waals surface area contributed by atoms with Gasteiger partial charge in [-0.25, -0.2) is 4.98 Å². The zero-order valence-corrected chi connectivity index (χ0v) is 14.8. The summed E-state index contributed by atoms with van der Waals surface area (Å²) in [4.78, 5) is 6.63. The van der Waals surface area contributed by atoms with Gasteiger partial charge in [0.25, 0.3) is 0 Å². The third-order valence-corrected chi connectivity index (χ3v) is 5.15. The molecule has 0 unspecified atom stereocenters. The lowest BCUT2D eigenvalue weighted by Gasteiger charge is -2.17. The maximum absolute atomic E-state index is 8.66. The number of para-hydroxylation sites is 1. The molecular formula is C19H16ClN3S. The maximum atomic E-state index is 8.66. The molecule has 0 atom stereocenters. The van der Waals surface area contributed by atoms with Crippen LogP contribution in [0.2, 0.25) is 0 Å². The molecule has 0 radical (unpaired) electrons. The van der Waals surface area contributed by atoms with E-state index >= 15 is 0 Å². The Balaban J connectivity index is 1.79. The molecule has 1 aromatic heterocycles. The molecule has 0 fully saturated rings. The molecule has 3 aromatic rings. The summed E-state index contributed by atoms with van der Waals surface area (Å²) >= 11 is 8.04. The van der Waals surface area contributed by atoms with Crippen LogP contribution in [0.3, 0.4) is 0 Å². The van der Waals surface area contributed by atoms with E-state index in [-0.39, 0.29) is 0 Å². The Hall–Kier alpha value is -2.35. The van der Waals surface area contributed by atoms with Crippen LogP contribution in [0, 0.1) is 11.3 Å². The van der Waals surface area contributed by atoms with E-state index in [1.165, 1.54) is 0 Å².